The molecule has 0 unspecified atom stereocenters. The lowest BCUT2D eigenvalue weighted by Gasteiger charge is -2.27. The second-order valence-electron chi connectivity index (χ2n) is 6.28. The number of hydrogen-bond acceptors (Lipinski definition) is 10. The van der Waals surface area contributed by atoms with Gasteiger partial charge in [-0.2, -0.15) is 15.0 Å². The molecule has 4 rings (SSSR count). The van der Waals surface area contributed by atoms with Crippen molar-refractivity contribution in [3.63, 3.8) is 0 Å². The monoisotopic (exact) mass is 393 g/mol. The first kappa shape index (κ1) is 18.5. The number of primary amides is 1. The van der Waals surface area contributed by atoms with Crippen molar-refractivity contribution in [1.29, 1.82) is 0 Å². The lowest BCUT2D eigenvalue weighted by Crippen LogP contribution is -2.37. The molecule has 3 aromatic rings. The molecule has 1 saturated heterocycles. The fourth-order valence-electron chi connectivity index (χ4n) is 2.79. The van der Waals surface area contributed by atoms with Crippen LogP contribution in [-0.4, -0.2) is 57.1 Å². The van der Waals surface area contributed by atoms with E-state index in [4.69, 9.17) is 16.2 Å². The van der Waals surface area contributed by atoms with E-state index in [1.807, 2.05) is 4.90 Å². The molecule has 11 nitrogen and oxygen atoms in total. The van der Waals surface area contributed by atoms with E-state index in [1.54, 1.807) is 36.7 Å². The van der Waals surface area contributed by atoms with Crippen LogP contribution < -0.4 is 21.7 Å². The summed E-state index contributed by atoms with van der Waals surface area (Å²) < 4.78 is 5.40. The molecular weight excluding hydrogens is 374 g/mol. The number of aromatic nitrogens is 5. The van der Waals surface area contributed by atoms with E-state index >= 15 is 0 Å². The first-order valence-electron chi connectivity index (χ1n) is 8.92. The van der Waals surface area contributed by atoms with E-state index in [0.717, 1.165) is 0 Å². The molecule has 0 saturated carbocycles. The van der Waals surface area contributed by atoms with Gasteiger partial charge in [-0.15, -0.1) is 0 Å². The molecule has 0 aliphatic carbocycles. The Labute approximate surface area is 166 Å². The summed E-state index contributed by atoms with van der Waals surface area (Å²) in [5.74, 6) is 0.865. The van der Waals surface area contributed by atoms with Gasteiger partial charge in [0.1, 0.15) is 0 Å². The number of hydrogen-bond donors (Lipinski definition) is 3. The minimum atomic E-state index is -0.516. The maximum Gasteiger partial charge on any atom is 0.248 e. The highest BCUT2D eigenvalue weighted by molar-refractivity contribution is 5.93. The van der Waals surface area contributed by atoms with Crippen LogP contribution in [0.3, 0.4) is 0 Å². The Morgan fingerprint density at radius 3 is 2.59 bits per heavy atom. The average Bonchev–Trinajstić information content (AvgIpc) is 2.75. The van der Waals surface area contributed by atoms with Crippen molar-refractivity contribution in [1.82, 2.24) is 24.9 Å². The fourth-order valence-corrected chi connectivity index (χ4v) is 2.79. The summed E-state index contributed by atoms with van der Waals surface area (Å²) in [6.45, 7) is 2.52. The summed E-state index contributed by atoms with van der Waals surface area (Å²) in [6, 6.07) is 6.78. The van der Waals surface area contributed by atoms with Crippen molar-refractivity contribution >= 4 is 29.4 Å². The molecular formula is C18H19N9O2. The molecule has 1 aliphatic rings. The third-order valence-corrected chi connectivity index (χ3v) is 4.25. The Morgan fingerprint density at radius 1 is 1.10 bits per heavy atom. The smallest absolute Gasteiger partial charge is 0.248 e. The van der Waals surface area contributed by atoms with Crippen molar-refractivity contribution in [3.8, 4) is 11.4 Å². The van der Waals surface area contributed by atoms with Crippen LogP contribution in [-0.2, 0) is 4.74 Å². The van der Waals surface area contributed by atoms with E-state index in [2.05, 4.69) is 30.2 Å². The number of benzene rings is 1. The molecule has 0 bridgehead atoms. The highest BCUT2D eigenvalue weighted by Gasteiger charge is 2.18. The molecule has 11 heteroatoms. The van der Waals surface area contributed by atoms with Crippen molar-refractivity contribution in [2.75, 3.05) is 42.3 Å². The molecule has 2 aromatic heterocycles. The summed E-state index contributed by atoms with van der Waals surface area (Å²) in [4.78, 5) is 35.0. The summed E-state index contributed by atoms with van der Waals surface area (Å²) in [7, 11) is 0. The van der Waals surface area contributed by atoms with E-state index in [-0.39, 0.29) is 5.95 Å². The molecule has 148 valence electrons. The molecule has 3 heterocycles. The zero-order chi connectivity index (χ0) is 20.2. The van der Waals surface area contributed by atoms with Crippen LogP contribution in [0.4, 0.5) is 23.5 Å². The van der Waals surface area contributed by atoms with Crippen molar-refractivity contribution in [2.45, 2.75) is 0 Å². The number of anilines is 4. The highest BCUT2D eigenvalue weighted by Crippen LogP contribution is 2.22. The van der Waals surface area contributed by atoms with Gasteiger partial charge in [0.15, 0.2) is 5.82 Å². The molecule has 1 aromatic carbocycles. The molecule has 29 heavy (non-hydrogen) atoms. The number of carbonyl (C=O) groups excluding carboxylic acids is 1. The molecule has 0 spiro atoms. The zero-order valence-electron chi connectivity index (χ0n) is 15.4. The third kappa shape index (κ3) is 4.35. The summed E-state index contributed by atoms with van der Waals surface area (Å²) in [6.07, 6.45) is 3.11. The van der Waals surface area contributed by atoms with Gasteiger partial charge in [0.25, 0.3) is 0 Å². The van der Waals surface area contributed by atoms with Gasteiger partial charge in [-0.1, -0.05) is 6.07 Å². The number of ether oxygens (including phenoxy) is 1. The Balaban J connectivity index is 1.71. The van der Waals surface area contributed by atoms with Gasteiger partial charge in [-0.25, -0.2) is 9.97 Å². The summed E-state index contributed by atoms with van der Waals surface area (Å²) in [5.41, 5.74) is 12.5. The molecule has 1 aliphatic heterocycles. The second kappa shape index (κ2) is 8.02. The molecule has 5 N–H and O–H groups in total. The Kier molecular flexibility index (Phi) is 5.12. The molecule has 0 atom stereocenters. The number of nitrogens with zero attached hydrogens (tertiary/aromatic N) is 6. The van der Waals surface area contributed by atoms with Crippen LogP contribution in [0.5, 0.6) is 0 Å². The van der Waals surface area contributed by atoms with E-state index in [1.165, 1.54) is 0 Å². The van der Waals surface area contributed by atoms with Gasteiger partial charge in [-0.05, 0) is 18.2 Å². The number of rotatable bonds is 5. The van der Waals surface area contributed by atoms with Gasteiger partial charge >= 0.3 is 0 Å². The first-order chi connectivity index (χ1) is 14.1. The van der Waals surface area contributed by atoms with Gasteiger partial charge in [-0.3, -0.25) is 4.79 Å². The largest absolute Gasteiger partial charge is 0.378 e. The summed E-state index contributed by atoms with van der Waals surface area (Å²) in [5, 5.41) is 3.11. The van der Waals surface area contributed by atoms with Crippen molar-refractivity contribution < 1.29 is 9.53 Å². The maximum absolute atomic E-state index is 11.4. The Morgan fingerprint density at radius 2 is 1.86 bits per heavy atom. The predicted molar refractivity (Wildman–Crippen MR) is 107 cm³/mol. The maximum atomic E-state index is 11.4. The van der Waals surface area contributed by atoms with Crippen molar-refractivity contribution in [3.05, 3.63) is 42.2 Å². The highest BCUT2D eigenvalue weighted by atomic mass is 16.5. The topological polar surface area (TPSA) is 158 Å². The predicted octanol–water partition coefficient (Wildman–Crippen LogP) is 0.590. The number of nitrogens with two attached hydrogens (primary N) is 2. The van der Waals surface area contributed by atoms with Crippen LogP contribution in [0.2, 0.25) is 0 Å². The number of nitrogen functional groups attached to an aromatic ring is 1. The molecule has 1 fully saturated rings. The lowest BCUT2D eigenvalue weighted by atomic mass is 10.2. The minimum absolute atomic E-state index is 0.165. The van der Waals surface area contributed by atoms with Gasteiger partial charge in [0.2, 0.25) is 23.8 Å². The number of morpholine rings is 1. The average molecular weight is 393 g/mol. The minimum Gasteiger partial charge on any atom is -0.378 e. The molecule has 0 radical (unpaired) electrons. The van der Waals surface area contributed by atoms with Crippen LogP contribution in [0, 0.1) is 0 Å². The fraction of sp³-hybridized carbons (Fsp3) is 0.222. The normalized spacial score (nSPS) is 13.9. The van der Waals surface area contributed by atoms with E-state index in [9.17, 15) is 4.79 Å². The van der Waals surface area contributed by atoms with E-state index < -0.39 is 5.91 Å². The van der Waals surface area contributed by atoms with Gasteiger partial charge < -0.3 is 26.4 Å². The zero-order valence-corrected chi connectivity index (χ0v) is 15.4. The van der Waals surface area contributed by atoms with Gasteiger partial charge in [0, 0.05) is 36.7 Å². The molecule has 1 amide bonds. The van der Waals surface area contributed by atoms with Crippen LogP contribution >= 0.6 is 0 Å². The number of carbonyl (C=O) groups is 1. The Hall–Kier alpha value is -3.86. The number of nitrogens with one attached hydrogen (secondary N) is 1. The standard InChI is InChI=1S/C18H19N9O2/c19-14(28)11-2-1-3-13(8-11)23-17-24-15(12-9-21-16(20)22-10-12)25-18(26-17)27-4-6-29-7-5-27/h1-3,8-10H,4-7H2,(H2,19,28)(H2,20,21,22)(H,23,24,25,26). The number of amides is 1. The quantitative estimate of drug-likeness (QED) is 0.560. The van der Waals surface area contributed by atoms with Crippen molar-refractivity contribution in [2.24, 2.45) is 5.73 Å². The Bertz CT molecular complexity index is 1020. The van der Waals surface area contributed by atoms with Crippen LogP contribution in [0.1, 0.15) is 10.4 Å². The SMILES string of the molecule is NC(=O)c1cccc(Nc2nc(-c3cnc(N)nc3)nc(N3CCOCC3)n2)c1. The van der Waals surface area contributed by atoms with Gasteiger partial charge in [0.05, 0.1) is 18.8 Å². The summed E-state index contributed by atoms with van der Waals surface area (Å²) >= 11 is 0. The van der Waals surface area contributed by atoms with E-state index in [0.29, 0.717) is 60.8 Å². The first-order valence-corrected chi connectivity index (χ1v) is 8.92. The second-order valence-corrected chi connectivity index (χ2v) is 6.28. The van der Waals surface area contributed by atoms with Crippen LogP contribution in [0.15, 0.2) is 36.7 Å². The van der Waals surface area contributed by atoms with Crippen LogP contribution in [0.25, 0.3) is 11.4 Å². The lowest BCUT2D eigenvalue weighted by molar-refractivity contribution is 0.100. The third-order valence-electron chi connectivity index (χ3n) is 4.25.